The Morgan fingerprint density at radius 1 is 1.10 bits per heavy atom. The number of anilines is 1. The third-order valence-electron chi connectivity index (χ3n) is 2.81. The van der Waals surface area contributed by atoms with Crippen LogP contribution in [0, 0.1) is 11.6 Å². The summed E-state index contributed by atoms with van der Waals surface area (Å²) in [5.41, 5.74) is 6.55. The second kappa shape index (κ2) is 4.73. The van der Waals surface area contributed by atoms with Crippen LogP contribution in [0.3, 0.4) is 0 Å². The molecular formula is C14H10F2N4. The third-order valence-corrected chi connectivity index (χ3v) is 2.81. The molecule has 6 heteroatoms. The van der Waals surface area contributed by atoms with E-state index in [1.807, 2.05) is 0 Å². The highest BCUT2D eigenvalue weighted by molar-refractivity contribution is 5.72. The normalized spacial score (nSPS) is 10.7. The first kappa shape index (κ1) is 12.3. The Bertz CT molecular complexity index is 753. The lowest BCUT2D eigenvalue weighted by molar-refractivity contribution is 0.585. The lowest BCUT2D eigenvalue weighted by Crippen LogP contribution is -1.97. The van der Waals surface area contributed by atoms with Gasteiger partial charge in [0.25, 0.3) is 0 Å². The average molecular weight is 272 g/mol. The van der Waals surface area contributed by atoms with Crippen LogP contribution in [0.1, 0.15) is 0 Å². The van der Waals surface area contributed by atoms with E-state index in [1.54, 1.807) is 30.6 Å². The van der Waals surface area contributed by atoms with Crippen LogP contribution in [0.25, 0.3) is 17.1 Å². The second-order valence-corrected chi connectivity index (χ2v) is 4.19. The zero-order valence-electron chi connectivity index (χ0n) is 10.3. The van der Waals surface area contributed by atoms with Crippen molar-refractivity contribution in [3.63, 3.8) is 0 Å². The molecular weight excluding hydrogens is 262 g/mol. The van der Waals surface area contributed by atoms with Crippen molar-refractivity contribution in [1.29, 1.82) is 0 Å². The number of nitrogen functional groups attached to an aromatic ring is 1. The van der Waals surface area contributed by atoms with Crippen LogP contribution in [-0.4, -0.2) is 14.8 Å². The molecule has 0 saturated heterocycles. The molecule has 2 N–H and O–H groups in total. The van der Waals surface area contributed by atoms with Crippen molar-refractivity contribution in [2.75, 3.05) is 5.73 Å². The minimum absolute atomic E-state index is 0.151. The zero-order valence-corrected chi connectivity index (χ0v) is 10.3. The van der Waals surface area contributed by atoms with E-state index in [2.05, 4.69) is 10.1 Å². The average Bonchev–Trinajstić information content (AvgIpc) is 2.82. The first-order chi connectivity index (χ1) is 9.65. The quantitative estimate of drug-likeness (QED) is 0.780. The van der Waals surface area contributed by atoms with Gasteiger partial charge < -0.3 is 5.73 Å². The fraction of sp³-hybridized carbons (Fsp3) is 0. The van der Waals surface area contributed by atoms with Crippen LogP contribution < -0.4 is 5.73 Å². The molecule has 20 heavy (non-hydrogen) atoms. The van der Waals surface area contributed by atoms with Crippen LogP contribution in [0.4, 0.5) is 14.5 Å². The molecule has 0 aliphatic rings. The highest BCUT2D eigenvalue weighted by atomic mass is 19.1. The SMILES string of the molecule is Nc1cn(-c2ccccn2)nc1-c1ccc(F)cc1F. The van der Waals surface area contributed by atoms with E-state index in [4.69, 9.17) is 5.73 Å². The molecule has 0 unspecified atom stereocenters. The van der Waals surface area contributed by atoms with E-state index >= 15 is 0 Å². The maximum atomic E-state index is 13.8. The van der Waals surface area contributed by atoms with Crippen molar-refractivity contribution in [3.8, 4) is 17.1 Å². The summed E-state index contributed by atoms with van der Waals surface area (Å²) in [6.07, 6.45) is 3.16. The second-order valence-electron chi connectivity index (χ2n) is 4.19. The van der Waals surface area contributed by atoms with E-state index in [1.165, 1.54) is 10.7 Å². The smallest absolute Gasteiger partial charge is 0.153 e. The van der Waals surface area contributed by atoms with Crippen molar-refractivity contribution < 1.29 is 8.78 Å². The van der Waals surface area contributed by atoms with E-state index in [0.717, 1.165) is 12.1 Å². The molecule has 4 nitrogen and oxygen atoms in total. The maximum Gasteiger partial charge on any atom is 0.153 e. The first-order valence-electron chi connectivity index (χ1n) is 5.87. The minimum Gasteiger partial charge on any atom is -0.396 e. The van der Waals surface area contributed by atoms with Crippen molar-refractivity contribution in [1.82, 2.24) is 14.8 Å². The van der Waals surface area contributed by atoms with Gasteiger partial charge in [-0.05, 0) is 24.3 Å². The van der Waals surface area contributed by atoms with Crippen molar-refractivity contribution in [2.45, 2.75) is 0 Å². The highest BCUT2D eigenvalue weighted by Crippen LogP contribution is 2.27. The molecule has 0 aliphatic heterocycles. The molecule has 0 amide bonds. The lowest BCUT2D eigenvalue weighted by Gasteiger charge is -2.01. The Kier molecular flexibility index (Phi) is 2.90. The number of rotatable bonds is 2. The number of pyridine rings is 1. The summed E-state index contributed by atoms with van der Waals surface area (Å²) in [6.45, 7) is 0. The van der Waals surface area contributed by atoms with Crippen molar-refractivity contribution in [2.24, 2.45) is 0 Å². The fourth-order valence-corrected chi connectivity index (χ4v) is 1.88. The van der Waals surface area contributed by atoms with E-state index in [0.29, 0.717) is 11.5 Å². The molecule has 0 saturated carbocycles. The Hall–Kier alpha value is -2.76. The van der Waals surface area contributed by atoms with Gasteiger partial charge in [-0.2, -0.15) is 5.10 Å². The monoisotopic (exact) mass is 272 g/mol. The number of benzene rings is 1. The fourth-order valence-electron chi connectivity index (χ4n) is 1.88. The molecule has 3 rings (SSSR count). The summed E-state index contributed by atoms with van der Waals surface area (Å²) >= 11 is 0. The van der Waals surface area contributed by atoms with Gasteiger partial charge in [0, 0.05) is 17.8 Å². The molecule has 0 fully saturated rings. The number of nitrogens with zero attached hydrogens (tertiary/aromatic N) is 3. The number of aromatic nitrogens is 3. The molecule has 0 spiro atoms. The van der Waals surface area contributed by atoms with Crippen molar-refractivity contribution >= 4 is 5.69 Å². The van der Waals surface area contributed by atoms with Gasteiger partial charge in [-0.1, -0.05) is 6.07 Å². The Balaban J connectivity index is 2.10. The molecule has 2 heterocycles. The van der Waals surface area contributed by atoms with Gasteiger partial charge in [-0.25, -0.2) is 18.4 Å². The van der Waals surface area contributed by atoms with Crippen LogP contribution in [0.15, 0.2) is 48.8 Å². The topological polar surface area (TPSA) is 56.7 Å². The number of halogens is 2. The van der Waals surface area contributed by atoms with Crippen LogP contribution in [0.5, 0.6) is 0 Å². The van der Waals surface area contributed by atoms with Crippen molar-refractivity contribution in [3.05, 3.63) is 60.4 Å². The standard InChI is InChI=1S/C14H10F2N4/c15-9-4-5-10(11(16)7-9)14-12(17)8-20(19-14)13-3-1-2-6-18-13/h1-8H,17H2. The summed E-state index contributed by atoms with van der Waals surface area (Å²) in [4.78, 5) is 4.12. The predicted molar refractivity (Wildman–Crippen MR) is 71.1 cm³/mol. The van der Waals surface area contributed by atoms with Crippen LogP contribution in [-0.2, 0) is 0 Å². The Morgan fingerprint density at radius 2 is 1.95 bits per heavy atom. The molecule has 0 bridgehead atoms. The Morgan fingerprint density at radius 3 is 2.65 bits per heavy atom. The van der Waals surface area contributed by atoms with Gasteiger partial charge >= 0.3 is 0 Å². The Labute approximate surface area is 113 Å². The number of hydrogen-bond acceptors (Lipinski definition) is 3. The maximum absolute atomic E-state index is 13.8. The van der Waals surface area contributed by atoms with Crippen LogP contribution >= 0.6 is 0 Å². The van der Waals surface area contributed by atoms with Gasteiger partial charge in [0.1, 0.15) is 17.3 Å². The molecule has 1 aromatic carbocycles. The molecule has 0 radical (unpaired) electrons. The van der Waals surface area contributed by atoms with Gasteiger partial charge in [0.05, 0.1) is 11.9 Å². The predicted octanol–water partition coefficient (Wildman–Crippen LogP) is 2.79. The summed E-state index contributed by atoms with van der Waals surface area (Å²) in [5.74, 6) is -0.787. The number of hydrogen-bond donors (Lipinski definition) is 1. The lowest BCUT2D eigenvalue weighted by atomic mass is 10.1. The summed E-state index contributed by atoms with van der Waals surface area (Å²) < 4.78 is 28.1. The van der Waals surface area contributed by atoms with E-state index < -0.39 is 11.6 Å². The van der Waals surface area contributed by atoms with E-state index in [-0.39, 0.29) is 11.3 Å². The minimum atomic E-state index is -0.706. The summed E-state index contributed by atoms with van der Waals surface area (Å²) in [7, 11) is 0. The largest absolute Gasteiger partial charge is 0.396 e. The third kappa shape index (κ3) is 2.11. The molecule has 100 valence electrons. The first-order valence-corrected chi connectivity index (χ1v) is 5.87. The zero-order chi connectivity index (χ0) is 14.1. The molecule has 2 aromatic heterocycles. The van der Waals surface area contributed by atoms with Gasteiger partial charge in [-0.15, -0.1) is 0 Å². The van der Waals surface area contributed by atoms with Gasteiger partial charge in [-0.3, -0.25) is 0 Å². The summed E-state index contributed by atoms with van der Waals surface area (Å²) in [6, 6.07) is 8.60. The van der Waals surface area contributed by atoms with Gasteiger partial charge in [0.2, 0.25) is 0 Å². The van der Waals surface area contributed by atoms with E-state index in [9.17, 15) is 8.78 Å². The molecule has 3 aromatic rings. The summed E-state index contributed by atoms with van der Waals surface area (Å²) in [5, 5.41) is 4.21. The van der Waals surface area contributed by atoms with Gasteiger partial charge in [0.15, 0.2) is 5.82 Å². The van der Waals surface area contributed by atoms with Crippen LogP contribution in [0.2, 0.25) is 0 Å². The molecule has 0 atom stereocenters. The molecule has 0 aliphatic carbocycles. The number of nitrogens with two attached hydrogens (primary N) is 1. The highest BCUT2D eigenvalue weighted by Gasteiger charge is 2.14.